The van der Waals surface area contributed by atoms with E-state index in [1.165, 1.54) is 16.7 Å². The van der Waals surface area contributed by atoms with E-state index in [0.717, 1.165) is 4.90 Å². The highest BCUT2D eigenvalue weighted by atomic mass is 32.2. The predicted octanol–water partition coefficient (Wildman–Crippen LogP) is 2.81. The standard InChI is InChI=1S/C23H25N3O7S/c1-3-31-17-10-9-15(11-18(17)32-4-2)24-23(30)25-20(27)13-33-22(29)12-26-16-7-5-6-8-19(16)34-14-21(26)28/h5-11H,3-4,12-14H2,1-2H3,(H2,24,25,27,30). The topological polar surface area (TPSA) is 123 Å². The van der Waals surface area contributed by atoms with Crippen LogP contribution in [0.2, 0.25) is 0 Å². The highest BCUT2D eigenvalue weighted by molar-refractivity contribution is 8.00. The maximum atomic E-state index is 12.2. The molecule has 0 radical (unpaired) electrons. The van der Waals surface area contributed by atoms with Crippen molar-refractivity contribution >= 4 is 47.0 Å². The van der Waals surface area contributed by atoms with Crippen LogP contribution in [0.25, 0.3) is 0 Å². The van der Waals surface area contributed by atoms with Crippen molar-refractivity contribution in [2.45, 2.75) is 18.7 Å². The van der Waals surface area contributed by atoms with E-state index in [0.29, 0.717) is 36.1 Å². The average molecular weight is 488 g/mol. The van der Waals surface area contributed by atoms with Crippen molar-refractivity contribution in [3.8, 4) is 11.5 Å². The lowest BCUT2D eigenvalue weighted by atomic mass is 10.2. The zero-order valence-corrected chi connectivity index (χ0v) is 19.6. The van der Waals surface area contributed by atoms with Crippen molar-refractivity contribution in [2.75, 3.05) is 42.3 Å². The molecule has 2 aromatic rings. The number of anilines is 2. The number of rotatable bonds is 9. The third-order valence-electron chi connectivity index (χ3n) is 4.51. The third kappa shape index (κ3) is 6.64. The summed E-state index contributed by atoms with van der Waals surface area (Å²) in [7, 11) is 0. The Morgan fingerprint density at radius 1 is 1.03 bits per heavy atom. The second-order valence-corrected chi connectivity index (χ2v) is 7.94. The normalized spacial score (nSPS) is 12.4. The van der Waals surface area contributed by atoms with E-state index in [9.17, 15) is 19.2 Å². The first-order valence-corrected chi connectivity index (χ1v) is 11.6. The van der Waals surface area contributed by atoms with Crippen molar-refractivity contribution < 1.29 is 33.4 Å². The summed E-state index contributed by atoms with van der Waals surface area (Å²) >= 11 is 1.39. The Bertz CT molecular complexity index is 1080. The Morgan fingerprint density at radius 2 is 1.76 bits per heavy atom. The van der Waals surface area contributed by atoms with Crippen molar-refractivity contribution in [1.82, 2.24) is 5.32 Å². The molecule has 0 unspecified atom stereocenters. The lowest BCUT2D eigenvalue weighted by molar-refractivity contribution is -0.147. The van der Waals surface area contributed by atoms with Gasteiger partial charge in [-0.3, -0.25) is 24.6 Å². The fourth-order valence-electron chi connectivity index (χ4n) is 3.10. The second-order valence-electron chi connectivity index (χ2n) is 6.93. The molecule has 0 aromatic heterocycles. The lowest BCUT2D eigenvalue weighted by Gasteiger charge is -2.27. The first kappa shape index (κ1) is 24.9. The monoisotopic (exact) mass is 487 g/mol. The third-order valence-corrected chi connectivity index (χ3v) is 5.56. The molecule has 4 amide bonds. The van der Waals surface area contributed by atoms with E-state index in [1.54, 1.807) is 30.3 Å². The van der Waals surface area contributed by atoms with Crippen LogP contribution in [0.1, 0.15) is 13.8 Å². The first-order chi connectivity index (χ1) is 16.4. The van der Waals surface area contributed by atoms with Gasteiger partial charge in [0.05, 0.1) is 24.7 Å². The number of para-hydroxylation sites is 1. The molecule has 1 aliphatic rings. The SMILES string of the molecule is CCOc1ccc(NC(=O)NC(=O)COC(=O)CN2C(=O)CSc3ccccc32)cc1OCC. The van der Waals surface area contributed by atoms with Crippen LogP contribution < -0.4 is 25.0 Å². The number of carbonyl (C=O) groups is 4. The number of ether oxygens (including phenoxy) is 3. The summed E-state index contributed by atoms with van der Waals surface area (Å²) < 4.78 is 15.9. The molecule has 0 saturated heterocycles. The van der Waals surface area contributed by atoms with Crippen molar-refractivity contribution in [1.29, 1.82) is 0 Å². The number of nitrogens with one attached hydrogen (secondary N) is 2. The number of hydrogen-bond donors (Lipinski definition) is 2. The van der Waals surface area contributed by atoms with E-state index in [2.05, 4.69) is 10.6 Å². The van der Waals surface area contributed by atoms with Crippen LogP contribution in [-0.2, 0) is 19.1 Å². The molecule has 2 N–H and O–H groups in total. The van der Waals surface area contributed by atoms with Gasteiger partial charge >= 0.3 is 12.0 Å². The number of thioether (sulfide) groups is 1. The summed E-state index contributed by atoms with van der Waals surface area (Å²) in [5, 5.41) is 4.59. The Labute approximate surface area is 200 Å². The number of benzene rings is 2. The number of esters is 1. The molecule has 0 aliphatic carbocycles. The fraction of sp³-hybridized carbons (Fsp3) is 0.304. The van der Waals surface area contributed by atoms with Crippen LogP contribution in [-0.4, -0.2) is 55.9 Å². The molecule has 11 heteroatoms. The first-order valence-electron chi connectivity index (χ1n) is 10.6. The van der Waals surface area contributed by atoms with Gasteiger partial charge in [-0.15, -0.1) is 11.8 Å². The van der Waals surface area contributed by atoms with Gasteiger partial charge in [-0.05, 0) is 38.1 Å². The highest BCUT2D eigenvalue weighted by Crippen LogP contribution is 2.34. The van der Waals surface area contributed by atoms with Crippen LogP contribution in [0.15, 0.2) is 47.4 Å². The Kier molecular flexibility index (Phi) is 8.74. The number of carbonyl (C=O) groups excluding carboxylic acids is 4. The van der Waals surface area contributed by atoms with Crippen molar-refractivity contribution in [3.63, 3.8) is 0 Å². The van der Waals surface area contributed by atoms with Crippen molar-refractivity contribution in [2.24, 2.45) is 0 Å². The molecule has 2 aromatic carbocycles. The van der Waals surface area contributed by atoms with Crippen LogP contribution in [0.4, 0.5) is 16.2 Å². The summed E-state index contributed by atoms with van der Waals surface area (Å²) in [6.07, 6.45) is 0. The number of amides is 4. The molecule has 180 valence electrons. The quantitative estimate of drug-likeness (QED) is 0.518. The summed E-state index contributed by atoms with van der Waals surface area (Å²) in [4.78, 5) is 50.8. The molecule has 3 rings (SSSR count). The minimum absolute atomic E-state index is 0.210. The summed E-state index contributed by atoms with van der Waals surface area (Å²) in [6, 6.07) is 11.2. The maximum absolute atomic E-state index is 12.2. The molecule has 1 heterocycles. The lowest BCUT2D eigenvalue weighted by Crippen LogP contribution is -2.41. The molecule has 0 bridgehead atoms. The number of nitrogens with zero attached hydrogens (tertiary/aromatic N) is 1. The average Bonchev–Trinajstić information content (AvgIpc) is 2.81. The van der Waals surface area contributed by atoms with Crippen LogP contribution in [0.3, 0.4) is 0 Å². The van der Waals surface area contributed by atoms with Gasteiger partial charge in [0.1, 0.15) is 6.54 Å². The Hall–Kier alpha value is -3.73. The van der Waals surface area contributed by atoms with Gasteiger partial charge in [0.2, 0.25) is 5.91 Å². The minimum atomic E-state index is -0.817. The number of urea groups is 1. The predicted molar refractivity (Wildman–Crippen MR) is 126 cm³/mol. The van der Waals surface area contributed by atoms with E-state index < -0.39 is 24.5 Å². The fourth-order valence-corrected chi connectivity index (χ4v) is 4.04. The van der Waals surface area contributed by atoms with Crippen LogP contribution >= 0.6 is 11.8 Å². The van der Waals surface area contributed by atoms with Crippen LogP contribution in [0, 0.1) is 0 Å². The van der Waals surface area contributed by atoms with Crippen LogP contribution in [0.5, 0.6) is 11.5 Å². The molecule has 0 atom stereocenters. The maximum Gasteiger partial charge on any atom is 0.326 e. The van der Waals surface area contributed by atoms with Gasteiger partial charge in [-0.1, -0.05) is 12.1 Å². The number of fused-ring (bicyclic) bond motifs is 1. The molecule has 0 saturated carbocycles. The van der Waals surface area contributed by atoms with Gasteiger partial charge in [-0.2, -0.15) is 0 Å². The number of hydrogen-bond acceptors (Lipinski definition) is 8. The van der Waals surface area contributed by atoms with E-state index in [-0.39, 0.29) is 18.2 Å². The number of imide groups is 1. The van der Waals surface area contributed by atoms with Gasteiger partial charge in [0, 0.05) is 16.6 Å². The highest BCUT2D eigenvalue weighted by Gasteiger charge is 2.27. The Balaban J connectivity index is 1.48. The Morgan fingerprint density at radius 3 is 2.53 bits per heavy atom. The smallest absolute Gasteiger partial charge is 0.326 e. The molecular weight excluding hydrogens is 462 g/mol. The summed E-state index contributed by atoms with van der Waals surface area (Å²) in [6.45, 7) is 3.53. The van der Waals surface area contributed by atoms with Gasteiger partial charge in [-0.25, -0.2) is 4.79 Å². The summed E-state index contributed by atoms with van der Waals surface area (Å²) in [5.74, 6) is -0.615. The van der Waals surface area contributed by atoms with Gasteiger partial charge in [0.15, 0.2) is 18.1 Å². The van der Waals surface area contributed by atoms with Gasteiger partial charge < -0.3 is 19.5 Å². The molecule has 34 heavy (non-hydrogen) atoms. The molecule has 0 fully saturated rings. The zero-order chi connectivity index (χ0) is 24.5. The largest absolute Gasteiger partial charge is 0.490 e. The van der Waals surface area contributed by atoms with Crippen molar-refractivity contribution in [3.05, 3.63) is 42.5 Å². The molecule has 10 nitrogen and oxygen atoms in total. The zero-order valence-electron chi connectivity index (χ0n) is 18.8. The molecule has 1 aliphatic heterocycles. The summed E-state index contributed by atoms with van der Waals surface area (Å²) in [5.41, 5.74) is 1.00. The van der Waals surface area contributed by atoms with E-state index >= 15 is 0 Å². The van der Waals surface area contributed by atoms with E-state index in [4.69, 9.17) is 14.2 Å². The molecule has 0 spiro atoms. The second kappa shape index (κ2) is 11.9. The molecular formula is C23H25N3O7S. The van der Waals surface area contributed by atoms with E-state index in [1.807, 2.05) is 26.0 Å². The minimum Gasteiger partial charge on any atom is -0.490 e. The van der Waals surface area contributed by atoms with Gasteiger partial charge in [0.25, 0.3) is 5.91 Å².